The van der Waals surface area contributed by atoms with E-state index < -0.39 is 17.9 Å². The molecule has 1 amide bonds. The Balaban J connectivity index is 1.92. The number of benzene rings is 2. The number of nitrogens with zero attached hydrogens (tertiary/aromatic N) is 5. The van der Waals surface area contributed by atoms with Gasteiger partial charge < -0.3 is 9.64 Å². The molecule has 2 aromatic carbocycles. The Morgan fingerprint density at radius 1 is 1.24 bits per heavy atom. The number of halogens is 4. The molecule has 1 aromatic heterocycles. The van der Waals surface area contributed by atoms with Crippen molar-refractivity contribution in [1.29, 1.82) is 0 Å². The van der Waals surface area contributed by atoms with Crippen LogP contribution >= 0.6 is 0 Å². The third-order valence-corrected chi connectivity index (χ3v) is 5.01. The van der Waals surface area contributed by atoms with E-state index in [1.807, 2.05) is 0 Å². The monoisotopic (exact) mass is 463 g/mol. The number of carbonyl (C=O) groups is 1. The van der Waals surface area contributed by atoms with Gasteiger partial charge in [0.25, 0.3) is 11.7 Å². The molecule has 0 unspecified atom stereocenters. The molecule has 0 bridgehead atoms. The van der Waals surface area contributed by atoms with Gasteiger partial charge in [-0.1, -0.05) is 18.2 Å². The van der Waals surface area contributed by atoms with Crippen LogP contribution in [0.15, 0.2) is 55.1 Å². The summed E-state index contributed by atoms with van der Waals surface area (Å²) >= 11 is 0. The van der Waals surface area contributed by atoms with Crippen molar-refractivity contribution in [1.82, 2.24) is 25.1 Å². The van der Waals surface area contributed by atoms with Gasteiger partial charge in [-0.15, -0.1) is 11.7 Å². The Labute approximate surface area is 187 Å². The fourth-order valence-electron chi connectivity index (χ4n) is 3.40. The number of methoxy groups -OCH3 is 1. The Morgan fingerprint density at radius 2 is 1.94 bits per heavy atom. The molecule has 0 fully saturated rings. The topological polar surface area (TPSA) is 73.1 Å². The van der Waals surface area contributed by atoms with Crippen LogP contribution in [0.4, 0.5) is 17.6 Å². The van der Waals surface area contributed by atoms with Gasteiger partial charge in [-0.25, -0.2) is 4.39 Å². The third-order valence-electron chi connectivity index (χ3n) is 5.01. The molecule has 33 heavy (non-hydrogen) atoms. The largest absolute Gasteiger partial charge is 0.496 e. The van der Waals surface area contributed by atoms with E-state index in [9.17, 15) is 22.4 Å². The zero-order valence-electron chi connectivity index (χ0n) is 17.9. The number of allylic oxidation sites excluding steroid dienone is 1. The first-order valence-corrected chi connectivity index (χ1v) is 9.81. The van der Waals surface area contributed by atoms with Crippen LogP contribution in [0.5, 0.6) is 5.75 Å². The van der Waals surface area contributed by atoms with E-state index in [-0.39, 0.29) is 35.3 Å². The lowest BCUT2D eigenvalue weighted by Gasteiger charge is -2.25. The highest BCUT2D eigenvalue weighted by atomic mass is 19.4. The first-order valence-electron chi connectivity index (χ1n) is 9.81. The number of amides is 1. The fourth-order valence-corrected chi connectivity index (χ4v) is 3.40. The predicted octanol–water partition coefficient (Wildman–Crippen LogP) is 4.26. The summed E-state index contributed by atoms with van der Waals surface area (Å²) < 4.78 is 58.7. The van der Waals surface area contributed by atoms with Crippen LogP contribution in [0.25, 0.3) is 5.69 Å². The molecule has 0 saturated carbocycles. The van der Waals surface area contributed by atoms with Gasteiger partial charge in [0.15, 0.2) is 0 Å². The second-order valence-electron chi connectivity index (χ2n) is 7.26. The van der Waals surface area contributed by atoms with Crippen LogP contribution in [0.2, 0.25) is 0 Å². The smallest absolute Gasteiger partial charge is 0.453 e. The molecule has 0 N–H and O–H groups in total. The van der Waals surface area contributed by atoms with E-state index in [0.29, 0.717) is 11.1 Å². The van der Waals surface area contributed by atoms with Gasteiger partial charge in [0.05, 0.1) is 18.4 Å². The Kier molecular flexibility index (Phi) is 7.10. The number of alkyl halides is 3. The molecular formula is C22H21F4N5O2. The van der Waals surface area contributed by atoms with Gasteiger partial charge in [0.2, 0.25) is 0 Å². The molecule has 0 radical (unpaired) electrons. The maximum atomic E-state index is 13.3. The van der Waals surface area contributed by atoms with Crippen molar-refractivity contribution in [2.75, 3.05) is 20.7 Å². The zero-order valence-corrected chi connectivity index (χ0v) is 17.9. The Bertz CT molecular complexity index is 1130. The average Bonchev–Trinajstić information content (AvgIpc) is 3.29. The molecule has 3 rings (SSSR count). The first kappa shape index (κ1) is 23.9. The number of aromatic nitrogens is 4. The van der Waals surface area contributed by atoms with E-state index in [2.05, 4.69) is 22.1 Å². The lowest BCUT2D eigenvalue weighted by Crippen LogP contribution is -2.31. The quantitative estimate of drug-likeness (QED) is 0.369. The summed E-state index contributed by atoms with van der Waals surface area (Å²) in [5.41, 5.74) is 0.809. The lowest BCUT2D eigenvalue weighted by molar-refractivity contribution is -0.146. The molecule has 11 heteroatoms. The summed E-state index contributed by atoms with van der Waals surface area (Å²) in [6, 6.07) is 9.89. The number of carbonyl (C=O) groups excluding carboxylic acids is 1. The number of ether oxygens (including phenoxy) is 1. The van der Waals surface area contributed by atoms with E-state index in [0.717, 1.165) is 5.56 Å². The molecule has 0 saturated heterocycles. The van der Waals surface area contributed by atoms with Crippen molar-refractivity contribution in [3.05, 3.63) is 77.9 Å². The van der Waals surface area contributed by atoms with E-state index in [1.54, 1.807) is 25.3 Å². The minimum Gasteiger partial charge on any atom is -0.496 e. The molecule has 174 valence electrons. The van der Waals surface area contributed by atoms with Crippen molar-refractivity contribution >= 4 is 5.91 Å². The Hall–Kier alpha value is -3.76. The highest BCUT2D eigenvalue weighted by Crippen LogP contribution is 2.30. The van der Waals surface area contributed by atoms with Crippen LogP contribution in [-0.4, -0.2) is 51.7 Å². The average molecular weight is 463 g/mol. The highest BCUT2D eigenvalue weighted by molar-refractivity contribution is 5.97. The molecule has 1 atom stereocenters. The molecular weight excluding hydrogens is 442 g/mol. The van der Waals surface area contributed by atoms with E-state index in [4.69, 9.17) is 4.74 Å². The van der Waals surface area contributed by atoms with Gasteiger partial charge >= 0.3 is 6.18 Å². The Morgan fingerprint density at radius 3 is 2.55 bits per heavy atom. The van der Waals surface area contributed by atoms with Gasteiger partial charge in [-0.05, 0) is 52.7 Å². The van der Waals surface area contributed by atoms with Gasteiger partial charge in [0.1, 0.15) is 11.6 Å². The van der Waals surface area contributed by atoms with E-state index >= 15 is 0 Å². The molecule has 7 nitrogen and oxygen atoms in total. The van der Waals surface area contributed by atoms with Crippen molar-refractivity contribution in [3.63, 3.8) is 0 Å². The SMILES string of the molecule is C=CC[C@H](CN(C)C(=O)c1cc(-n2nnnc2C(F)(F)F)ccc1OC)c1ccc(F)cc1. The van der Waals surface area contributed by atoms with Crippen molar-refractivity contribution < 1.29 is 27.1 Å². The minimum atomic E-state index is -4.78. The normalized spacial score (nSPS) is 12.3. The van der Waals surface area contributed by atoms with Crippen molar-refractivity contribution in [2.45, 2.75) is 18.5 Å². The minimum absolute atomic E-state index is 0.0394. The number of hydrogen-bond donors (Lipinski definition) is 0. The van der Waals surface area contributed by atoms with Crippen molar-refractivity contribution in [3.8, 4) is 11.4 Å². The molecule has 0 aliphatic rings. The van der Waals surface area contributed by atoms with Crippen LogP contribution in [-0.2, 0) is 6.18 Å². The van der Waals surface area contributed by atoms with Gasteiger partial charge in [-0.2, -0.15) is 17.9 Å². The summed E-state index contributed by atoms with van der Waals surface area (Å²) in [5.74, 6) is -2.15. The molecule has 0 aliphatic carbocycles. The maximum Gasteiger partial charge on any atom is 0.453 e. The van der Waals surface area contributed by atoms with Gasteiger partial charge in [0, 0.05) is 19.5 Å². The number of hydrogen-bond acceptors (Lipinski definition) is 5. The number of rotatable bonds is 8. The predicted molar refractivity (Wildman–Crippen MR) is 112 cm³/mol. The zero-order chi connectivity index (χ0) is 24.2. The summed E-state index contributed by atoms with van der Waals surface area (Å²) in [6.45, 7) is 3.99. The van der Waals surface area contributed by atoms with Crippen LogP contribution in [0.1, 0.15) is 34.1 Å². The summed E-state index contributed by atoms with van der Waals surface area (Å²) in [6.07, 6.45) is -2.55. The third kappa shape index (κ3) is 5.36. The van der Waals surface area contributed by atoms with Crippen LogP contribution in [0.3, 0.4) is 0 Å². The summed E-state index contributed by atoms with van der Waals surface area (Å²) in [4.78, 5) is 14.7. The number of tetrazole rings is 1. The van der Waals surface area contributed by atoms with E-state index in [1.165, 1.54) is 42.3 Å². The summed E-state index contributed by atoms with van der Waals surface area (Å²) in [5, 5.41) is 9.53. The van der Waals surface area contributed by atoms with Crippen LogP contribution < -0.4 is 4.74 Å². The van der Waals surface area contributed by atoms with Crippen molar-refractivity contribution in [2.24, 2.45) is 0 Å². The molecule has 3 aromatic rings. The first-order chi connectivity index (χ1) is 15.7. The number of likely N-dealkylation sites (N-methyl/N-ethyl adjacent to an activating group) is 1. The lowest BCUT2D eigenvalue weighted by atomic mass is 9.95. The molecule has 0 spiro atoms. The second kappa shape index (κ2) is 9.80. The molecule has 1 heterocycles. The highest BCUT2D eigenvalue weighted by Gasteiger charge is 2.38. The second-order valence-corrected chi connectivity index (χ2v) is 7.26. The standard InChI is InChI=1S/C22H21F4N5O2/c1-4-5-15(14-6-8-16(23)9-7-14)13-30(2)20(32)18-12-17(10-11-19(18)33-3)31-21(22(24,25)26)27-28-29-31/h4,6-12,15H,1,5,13H2,2-3H3/t15-/m1/s1. The molecule has 0 aliphatic heterocycles. The fraction of sp³-hybridized carbons (Fsp3) is 0.273. The maximum absolute atomic E-state index is 13.3. The summed E-state index contributed by atoms with van der Waals surface area (Å²) in [7, 11) is 2.91. The van der Waals surface area contributed by atoms with Gasteiger partial charge in [-0.3, -0.25) is 4.79 Å². The van der Waals surface area contributed by atoms with Crippen LogP contribution in [0, 0.1) is 5.82 Å².